The zero-order valence-electron chi connectivity index (χ0n) is 12.9. The lowest BCUT2D eigenvalue weighted by Crippen LogP contribution is -2.47. The average molecular weight is 340 g/mol. The maximum Gasteiger partial charge on any atom is 0.322 e. The Labute approximate surface area is 135 Å². The third-order valence-electron chi connectivity index (χ3n) is 3.81. The molecule has 0 aromatic heterocycles. The van der Waals surface area contributed by atoms with Crippen molar-refractivity contribution < 1.29 is 23.1 Å². The summed E-state index contributed by atoms with van der Waals surface area (Å²) < 4.78 is 26.4. The van der Waals surface area contributed by atoms with Gasteiger partial charge in [0.1, 0.15) is 6.04 Å². The second-order valence-electron chi connectivity index (χ2n) is 5.52. The van der Waals surface area contributed by atoms with E-state index in [0.717, 1.165) is 9.87 Å². The highest BCUT2D eigenvalue weighted by molar-refractivity contribution is 7.89. The first kappa shape index (κ1) is 17.4. The molecule has 1 fully saturated rings. The van der Waals surface area contributed by atoms with Crippen molar-refractivity contribution >= 4 is 21.9 Å². The minimum Gasteiger partial charge on any atom is -0.480 e. The molecule has 23 heavy (non-hydrogen) atoms. The summed E-state index contributed by atoms with van der Waals surface area (Å²) in [5, 5.41) is 11.9. The maximum atomic E-state index is 12.7. The maximum absolute atomic E-state index is 12.7. The van der Waals surface area contributed by atoms with E-state index >= 15 is 0 Å². The molecule has 126 valence electrons. The molecular formula is C15H20N2O5S. The molecule has 1 heterocycles. The number of sulfonamides is 1. The lowest BCUT2D eigenvalue weighted by Gasteiger charge is -2.31. The first-order valence-electron chi connectivity index (χ1n) is 7.40. The smallest absolute Gasteiger partial charge is 0.322 e. The van der Waals surface area contributed by atoms with Gasteiger partial charge in [-0.25, -0.2) is 8.42 Å². The van der Waals surface area contributed by atoms with Crippen LogP contribution in [-0.4, -0.2) is 42.3 Å². The van der Waals surface area contributed by atoms with Crippen molar-refractivity contribution in [3.8, 4) is 0 Å². The average Bonchev–Trinajstić information content (AvgIpc) is 2.53. The number of hydrogen-bond acceptors (Lipinski definition) is 4. The Hall–Kier alpha value is -1.93. The Morgan fingerprint density at radius 2 is 1.91 bits per heavy atom. The SMILES string of the molecule is CC(=O)NCc1ccc(S(=O)(=O)N2CCCCC2C(=O)O)cc1. The van der Waals surface area contributed by atoms with Gasteiger partial charge >= 0.3 is 5.97 Å². The predicted octanol–water partition coefficient (Wildman–Crippen LogP) is 0.950. The minimum absolute atomic E-state index is 0.0669. The van der Waals surface area contributed by atoms with Crippen molar-refractivity contribution in [2.24, 2.45) is 0 Å². The molecule has 2 N–H and O–H groups in total. The standard InChI is InChI=1S/C15H20N2O5S/c1-11(18)16-10-12-5-7-13(8-6-12)23(21,22)17-9-3-2-4-14(17)15(19)20/h5-8,14H,2-4,9-10H2,1H3,(H,16,18)(H,19,20). The van der Waals surface area contributed by atoms with Gasteiger partial charge in [0.2, 0.25) is 15.9 Å². The van der Waals surface area contributed by atoms with E-state index < -0.39 is 22.0 Å². The third-order valence-corrected chi connectivity index (χ3v) is 5.73. The summed E-state index contributed by atoms with van der Waals surface area (Å²) in [6, 6.07) is 5.11. The van der Waals surface area contributed by atoms with E-state index in [4.69, 9.17) is 0 Å². The summed E-state index contributed by atoms with van der Waals surface area (Å²) in [4.78, 5) is 22.2. The molecule has 1 aromatic carbocycles. The molecule has 7 nitrogen and oxygen atoms in total. The van der Waals surface area contributed by atoms with Crippen molar-refractivity contribution in [3.05, 3.63) is 29.8 Å². The van der Waals surface area contributed by atoms with E-state index in [1.54, 1.807) is 12.1 Å². The van der Waals surface area contributed by atoms with Crippen LogP contribution in [0, 0.1) is 0 Å². The summed E-state index contributed by atoms with van der Waals surface area (Å²) in [7, 11) is -3.84. The molecule has 1 unspecified atom stereocenters. The Morgan fingerprint density at radius 3 is 2.48 bits per heavy atom. The van der Waals surface area contributed by atoms with Crippen LogP contribution in [0.3, 0.4) is 0 Å². The number of carbonyl (C=O) groups is 2. The molecule has 0 aliphatic carbocycles. The van der Waals surface area contributed by atoms with Crippen molar-refractivity contribution in [3.63, 3.8) is 0 Å². The number of carboxylic acid groups (broad SMARTS) is 1. The van der Waals surface area contributed by atoms with Crippen LogP contribution in [0.25, 0.3) is 0 Å². The van der Waals surface area contributed by atoms with E-state index in [1.807, 2.05) is 0 Å². The van der Waals surface area contributed by atoms with E-state index in [-0.39, 0.29) is 17.3 Å². The molecule has 0 saturated carbocycles. The lowest BCUT2D eigenvalue weighted by molar-refractivity contribution is -0.142. The molecule has 1 aromatic rings. The normalized spacial score (nSPS) is 19.3. The van der Waals surface area contributed by atoms with Crippen LogP contribution in [0.15, 0.2) is 29.2 Å². The van der Waals surface area contributed by atoms with Crippen LogP contribution < -0.4 is 5.32 Å². The van der Waals surface area contributed by atoms with E-state index in [0.29, 0.717) is 25.8 Å². The van der Waals surface area contributed by atoms with Crippen LogP contribution in [-0.2, 0) is 26.2 Å². The third kappa shape index (κ3) is 4.08. The molecule has 1 saturated heterocycles. The molecule has 1 atom stereocenters. The van der Waals surface area contributed by atoms with Gasteiger partial charge < -0.3 is 10.4 Å². The number of hydrogen-bond donors (Lipinski definition) is 2. The minimum atomic E-state index is -3.84. The fraction of sp³-hybridized carbons (Fsp3) is 0.467. The monoisotopic (exact) mass is 340 g/mol. The Balaban J connectivity index is 2.21. The van der Waals surface area contributed by atoms with Gasteiger partial charge in [-0.05, 0) is 37.0 Å². The number of carbonyl (C=O) groups excluding carboxylic acids is 1. The van der Waals surface area contributed by atoms with Crippen molar-refractivity contribution in [2.45, 2.75) is 43.7 Å². The summed E-state index contributed by atoms with van der Waals surface area (Å²) in [6.45, 7) is 1.94. The fourth-order valence-corrected chi connectivity index (χ4v) is 4.23. The van der Waals surface area contributed by atoms with Crippen molar-refractivity contribution in [1.82, 2.24) is 9.62 Å². The van der Waals surface area contributed by atoms with Gasteiger partial charge in [-0.2, -0.15) is 4.31 Å². The van der Waals surface area contributed by atoms with E-state index in [2.05, 4.69) is 5.32 Å². The van der Waals surface area contributed by atoms with Gasteiger partial charge in [0.15, 0.2) is 0 Å². The first-order chi connectivity index (χ1) is 10.8. The number of aliphatic carboxylic acids is 1. The van der Waals surface area contributed by atoms with Crippen LogP contribution in [0.2, 0.25) is 0 Å². The van der Waals surface area contributed by atoms with Gasteiger partial charge in [-0.1, -0.05) is 12.1 Å². The number of rotatable bonds is 5. The second kappa shape index (κ2) is 7.10. The molecule has 0 spiro atoms. The number of amides is 1. The molecule has 1 aliphatic rings. The van der Waals surface area contributed by atoms with Crippen LogP contribution in [0.4, 0.5) is 0 Å². The van der Waals surface area contributed by atoms with Gasteiger partial charge in [-0.15, -0.1) is 0 Å². The van der Waals surface area contributed by atoms with Crippen LogP contribution in [0.1, 0.15) is 31.7 Å². The summed E-state index contributed by atoms with van der Waals surface area (Å²) in [5.41, 5.74) is 0.771. The van der Waals surface area contributed by atoms with Gasteiger partial charge in [0.05, 0.1) is 4.90 Å². The summed E-state index contributed by atoms with van der Waals surface area (Å²) in [5.74, 6) is -1.28. The second-order valence-corrected chi connectivity index (χ2v) is 7.41. The first-order valence-corrected chi connectivity index (χ1v) is 8.84. The zero-order chi connectivity index (χ0) is 17.0. The lowest BCUT2D eigenvalue weighted by atomic mass is 10.1. The molecule has 1 aliphatic heterocycles. The predicted molar refractivity (Wildman–Crippen MR) is 83.1 cm³/mol. The van der Waals surface area contributed by atoms with E-state index in [1.165, 1.54) is 19.1 Å². The molecule has 0 bridgehead atoms. The Kier molecular flexibility index (Phi) is 5.38. The number of carboxylic acids is 1. The number of benzene rings is 1. The molecule has 2 rings (SSSR count). The largest absolute Gasteiger partial charge is 0.480 e. The van der Waals surface area contributed by atoms with E-state index in [9.17, 15) is 23.1 Å². The topological polar surface area (TPSA) is 104 Å². The molecule has 0 radical (unpaired) electrons. The van der Waals surface area contributed by atoms with Gasteiger partial charge in [-0.3, -0.25) is 9.59 Å². The highest BCUT2D eigenvalue weighted by atomic mass is 32.2. The number of nitrogens with zero attached hydrogens (tertiary/aromatic N) is 1. The number of piperidine rings is 1. The zero-order valence-corrected chi connectivity index (χ0v) is 13.7. The molecular weight excluding hydrogens is 320 g/mol. The van der Waals surface area contributed by atoms with Crippen molar-refractivity contribution in [2.75, 3.05) is 6.54 Å². The summed E-state index contributed by atoms with van der Waals surface area (Å²) in [6.07, 6.45) is 1.69. The fourth-order valence-electron chi connectivity index (χ4n) is 2.58. The quantitative estimate of drug-likeness (QED) is 0.830. The van der Waals surface area contributed by atoms with Crippen LogP contribution in [0.5, 0.6) is 0 Å². The Bertz CT molecular complexity index is 684. The Morgan fingerprint density at radius 1 is 1.26 bits per heavy atom. The van der Waals surface area contributed by atoms with Gasteiger partial charge in [0, 0.05) is 20.0 Å². The van der Waals surface area contributed by atoms with Gasteiger partial charge in [0.25, 0.3) is 0 Å². The summed E-state index contributed by atoms with van der Waals surface area (Å²) >= 11 is 0. The highest BCUT2D eigenvalue weighted by Crippen LogP contribution is 2.25. The highest BCUT2D eigenvalue weighted by Gasteiger charge is 2.37. The number of nitrogens with one attached hydrogen (secondary N) is 1. The van der Waals surface area contributed by atoms with Crippen molar-refractivity contribution in [1.29, 1.82) is 0 Å². The molecule has 8 heteroatoms. The van der Waals surface area contributed by atoms with Crippen LogP contribution >= 0.6 is 0 Å². The molecule has 1 amide bonds.